The predicted octanol–water partition coefficient (Wildman–Crippen LogP) is 5.02. The molecule has 3 nitrogen and oxygen atoms in total. The molecule has 0 spiro atoms. The van der Waals surface area contributed by atoms with Crippen molar-refractivity contribution in [3.05, 3.63) is 79.1 Å². The molecule has 0 fully saturated rings. The fourth-order valence-corrected chi connectivity index (χ4v) is 2.44. The van der Waals surface area contributed by atoms with Crippen LogP contribution in [0, 0.1) is 0 Å². The quantitative estimate of drug-likeness (QED) is 0.574. The van der Waals surface area contributed by atoms with Crippen molar-refractivity contribution in [1.82, 2.24) is 9.97 Å². The number of nitrogens with zero attached hydrogens (tertiary/aromatic N) is 1. The number of pyridine rings is 1. The zero-order valence-electron chi connectivity index (χ0n) is 11.9. The first-order chi connectivity index (χ1) is 10.9. The summed E-state index contributed by atoms with van der Waals surface area (Å²) in [6.45, 7) is 0. The van der Waals surface area contributed by atoms with Crippen LogP contribution in [0.15, 0.2) is 79.1 Å². The second-order valence-electron chi connectivity index (χ2n) is 5.08. The Balaban J connectivity index is 1.61. The molecule has 2 aromatic heterocycles. The first-order valence-corrected chi connectivity index (χ1v) is 7.15. The number of ether oxygens (including phenoxy) is 1. The van der Waals surface area contributed by atoms with Gasteiger partial charge in [-0.15, -0.1) is 0 Å². The third-order valence-corrected chi connectivity index (χ3v) is 3.57. The molecular weight excluding hydrogens is 272 g/mol. The second-order valence-corrected chi connectivity index (χ2v) is 5.08. The number of H-pyrrole nitrogens is 1. The summed E-state index contributed by atoms with van der Waals surface area (Å²) in [5, 5.41) is 1.11. The van der Waals surface area contributed by atoms with E-state index < -0.39 is 0 Å². The summed E-state index contributed by atoms with van der Waals surface area (Å²) < 4.78 is 5.81. The first-order valence-electron chi connectivity index (χ1n) is 7.15. The lowest BCUT2D eigenvalue weighted by molar-refractivity contribution is 0.483. The number of hydrogen-bond donors (Lipinski definition) is 1. The number of rotatable bonds is 3. The van der Waals surface area contributed by atoms with Crippen molar-refractivity contribution < 1.29 is 4.74 Å². The maximum atomic E-state index is 5.81. The molecule has 3 heteroatoms. The van der Waals surface area contributed by atoms with E-state index in [-0.39, 0.29) is 0 Å². The Labute approximate surface area is 128 Å². The summed E-state index contributed by atoms with van der Waals surface area (Å²) in [5.41, 5.74) is 3.13. The van der Waals surface area contributed by atoms with Gasteiger partial charge in [0.05, 0.1) is 0 Å². The van der Waals surface area contributed by atoms with Gasteiger partial charge in [-0.05, 0) is 42.0 Å². The van der Waals surface area contributed by atoms with Crippen molar-refractivity contribution in [1.29, 1.82) is 0 Å². The van der Waals surface area contributed by atoms with Gasteiger partial charge >= 0.3 is 0 Å². The second kappa shape index (κ2) is 5.37. The van der Waals surface area contributed by atoms with Gasteiger partial charge in [0.15, 0.2) is 0 Å². The minimum absolute atomic E-state index is 0.825. The molecule has 1 N–H and O–H groups in total. The largest absolute Gasteiger partial charge is 0.457 e. The van der Waals surface area contributed by atoms with Crippen LogP contribution in [0.5, 0.6) is 11.5 Å². The number of aromatic nitrogens is 2. The number of benzene rings is 2. The Morgan fingerprint density at radius 3 is 2.36 bits per heavy atom. The van der Waals surface area contributed by atoms with Gasteiger partial charge in [-0.1, -0.05) is 30.3 Å². The molecule has 0 radical (unpaired) electrons. The van der Waals surface area contributed by atoms with Crippen LogP contribution in [0.25, 0.3) is 22.2 Å². The fraction of sp³-hybridized carbons (Fsp3) is 0. The molecule has 4 rings (SSSR count). The summed E-state index contributed by atoms with van der Waals surface area (Å²) >= 11 is 0. The van der Waals surface area contributed by atoms with E-state index in [1.165, 1.54) is 0 Å². The Kier molecular flexibility index (Phi) is 3.09. The monoisotopic (exact) mass is 286 g/mol. The predicted molar refractivity (Wildman–Crippen MR) is 88.0 cm³/mol. The summed E-state index contributed by atoms with van der Waals surface area (Å²) in [5.74, 6) is 1.66. The minimum atomic E-state index is 0.825. The van der Waals surface area contributed by atoms with Crippen molar-refractivity contribution in [3.8, 4) is 22.6 Å². The average Bonchev–Trinajstić information content (AvgIpc) is 3.04. The smallest absolute Gasteiger partial charge is 0.137 e. The van der Waals surface area contributed by atoms with Crippen molar-refractivity contribution in [2.45, 2.75) is 0 Å². The van der Waals surface area contributed by atoms with Gasteiger partial charge in [-0.25, -0.2) is 4.98 Å². The molecule has 0 aliphatic rings. The molecule has 0 aliphatic heterocycles. The Morgan fingerprint density at radius 1 is 0.773 bits per heavy atom. The zero-order valence-corrected chi connectivity index (χ0v) is 11.9. The summed E-state index contributed by atoms with van der Waals surface area (Å²) in [6.07, 6.45) is 3.78. The van der Waals surface area contributed by atoms with Crippen molar-refractivity contribution in [3.63, 3.8) is 0 Å². The van der Waals surface area contributed by atoms with Crippen molar-refractivity contribution >= 4 is 11.0 Å². The first kappa shape index (κ1) is 12.7. The number of fused-ring (bicyclic) bond motifs is 1. The molecule has 0 aliphatic carbocycles. The molecule has 0 saturated heterocycles. The molecule has 2 aromatic carbocycles. The summed E-state index contributed by atoms with van der Waals surface area (Å²) in [4.78, 5) is 7.52. The van der Waals surface area contributed by atoms with Crippen LogP contribution in [0.1, 0.15) is 0 Å². The Bertz CT molecular complexity index is 896. The summed E-state index contributed by atoms with van der Waals surface area (Å²) in [6, 6.07) is 22.0. The van der Waals surface area contributed by atoms with Gasteiger partial charge in [0.25, 0.3) is 0 Å². The van der Waals surface area contributed by atoms with E-state index in [2.05, 4.69) is 16.0 Å². The van der Waals surface area contributed by atoms with Crippen LogP contribution >= 0.6 is 0 Å². The van der Waals surface area contributed by atoms with Gasteiger partial charge in [0, 0.05) is 23.3 Å². The lowest BCUT2D eigenvalue weighted by Gasteiger charge is -2.07. The molecule has 2 heterocycles. The van der Waals surface area contributed by atoms with Crippen molar-refractivity contribution in [2.24, 2.45) is 0 Å². The zero-order chi connectivity index (χ0) is 14.8. The molecule has 0 atom stereocenters. The van der Waals surface area contributed by atoms with E-state index in [4.69, 9.17) is 4.74 Å². The third-order valence-electron chi connectivity index (χ3n) is 3.57. The third kappa shape index (κ3) is 2.44. The van der Waals surface area contributed by atoms with E-state index in [0.29, 0.717) is 0 Å². The average molecular weight is 286 g/mol. The van der Waals surface area contributed by atoms with E-state index in [0.717, 1.165) is 33.7 Å². The van der Waals surface area contributed by atoms with E-state index in [1.807, 2.05) is 73.1 Å². The van der Waals surface area contributed by atoms with Crippen LogP contribution in [0.3, 0.4) is 0 Å². The van der Waals surface area contributed by atoms with Crippen molar-refractivity contribution in [2.75, 3.05) is 0 Å². The number of hydrogen-bond acceptors (Lipinski definition) is 2. The van der Waals surface area contributed by atoms with Gasteiger partial charge in [-0.2, -0.15) is 0 Å². The number of para-hydroxylation sites is 1. The van der Waals surface area contributed by atoms with Crippen LogP contribution < -0.4 is 4.74 Å². The molecule has 0 saturated carbocycles. The van der Waals surface area contributed by atoms with Gasteiger partial charge in [0.1, 0.15) is 17.1 Å². The molecule has 0 amide bonds. The molecular formula is C19H14N2O. The Hall–Kier alpha value is -3.07. The highest BCUT2D eigenvalue weighted by atomic mass is 16.5. The maximum absolute atomic E-state index is 5.81. The molecule has 106 valence electrons. The van der Waals surface area contributed by atoms with Crippen LogP contribution in [-0.2, 0) is 0 Å². The highest BCUT2D eigenvalue weighted by molar-refractivity contribution is 5.81. The Morgan fingerprint density at radius 2 is 1.55 bits per heavy atom. The highest BCUT2D eigenvalue weighted by Gasteiger charge is 2.03. The number of aromatic amines is 1. The minimum Gasteiger partial charge on any atom is -0.457 e. The van der Waals surface area contributed by atoms with E-state index >= 15 is 0 Å². The highest BCUT2D eigenvalue weighted by Crippen LogP contribution is 2.26. The van der Waals surface area contributed by atoms with E-state index in [9.17, 15) is 0 Å². The van der Waals surface area contributed by atoms with Crippen LogP contribution in [-0.4, -0.2) is 9.97 Å². The van der Waals surface area contributed by atoms with Crippen LogP contribution in [0.4, 0.5) is 0 Å². The number of nitrogens with one attached hydrogen (secondary N) is 1. The summed E-state index contributed by atoms with van der Waals surface area (Å²) in [7, 11) is 0. The molecule has 0 bridgehead atoms. The lowest BCUT2D eigenvalue weighted by atomic mass is 10.1. The topological polar surface area (TPSA) is 37.9 Å². The van der Waals surface area contributed by atoms with Gasteiger partial charge < -0.3 is 9.72 Å². The lowest BCUT2D eigenvalue weighted by Crippen LogP contribution is -1.85. The standard InChI is InChI=1S/C19H14N2O/c1-2-4-17(5-3-1)22-18-8-6-14(7-9-18)16-12-15-10-11-20-19(15)21-13-16/h1-13H,(H,20,21). The normalized spacial score (nSPS) is 10.7. The molecule has 22 heavy (non-hydrogen) atoms. The molecule has 0 unspecified atom stereocenters. The van der Waals surface area contributed by atoms with Gasteiger partial charge in [-0.3, -0.25) is 0 Å². The SMILES string of the molecule is c1ccc(Oc2ccc(-c3cnc4[nH]ccc4c3)cc2)cc1. The van der Waals surface area contributed by atoms with E-state index in [1.54, 1.807) is 0 Å². The molecule has 4 aromatic rings. The van der Waals surface area contributed by atoms with Crippen LogP contribution in [0.2, 0.25) is 0 Å². The maximum Gasteiger partial charge on any atom is 0.137 e. The fourth-order valence-electron chi connectivity index (χ4n) is 2.44. The van der Waals surface area contributed by atoms with Gasteiger partial charge in [0.2, 0.25) is 0 Å².